The van der Waals surface area contributed by atoms with Crippen molar-refractivity contribution < 1.29 is 9.18 Å². The summed E-state index contributed by atoms with van der Waals surface area (Å²) in [6, 6.07) is 7.50. The SMILES string of the molecule is O=C(Nc1cncc(-c2cnc3[nH]nc(-c4nc5c(-c6cccs6)nccc5[nH]4)c3c2F)c1)C1CCCCC1. The molecule has 0 bridgehead atoms. The fourth-order valence-electron chi connectivity index (χ4n) is 5.23. The van der Waals surface area contributed by atoms with Gasteiger partial charge in [0.25, 0.3) is 0 Å². The second-order valence-electron chi connectivity index (χ2n) is 9.69. The summed E-state index contributed by atoms with van der Waals surface area (Å²) in [7, 11) is 0. The van der Waals surface area contributed by atoms with Gasteiger partial charge in [-0.3, -0.25) is 19.9 Å². The number of carbonyl (C=O) groups excluding carboxylic acids is 1. The van der Waals surface area contributed by atoms with E-state index >= 15 is 4.39 Å². The Balaban J connectivity index is 1.26. The number of anilines is 1. The van der Waals surface area contributed by atoms with Crippen LogP contribution in [0, 0.1) is 11.7 Å². The number of thiophene rings is 1. The van der Waals surface area contributed by atoms with E-state index in [0.29, 0.717) is 33.9 Å². The van der Waals surface area contributed by atoms with Crippen LogP contribution in [0.4, 0.5) is 10.1 Å². The Hall–Kier alpha value is -4.51. The first-order valence-corrected chi connectivity index (χ1v) is 13.7. The number of nitrogens with one attached hydrogen (secondary N) is 3. The van der Waals surface area contributed by atoms with Gasteiger partial charge in [-0.2, -0.15) is 5.10 Å². The van der Waals surface area contributed by atoms with E-state index in [1.165, 1.54) is 12.6 Å². The van der Waals surface area contributed by atoms with Gasteiger partial charge < -0.3 is 10.3 Å². The van der Waals surface area contributed by atoms with E-state index in [0.717, 1.165) is 41.8 Å². The molecule has 0 aliphatic heterocycles. The topological polar surface area (TPSA) is 125 Å². The van der Waals surface area contributed by atoms with Crippen LogP contribution >= 0.6 is 11.3 Å². The maximum absolute atomic E-state index is 16.1. The number of H-pyrrole nitrogens is 2. The highest BCUT2D eigenvalue weighted by Gasteiger charge is 2.23. The van der Waals surface area contributed by atoms with Gasteiger partial charge in [0, 0.05) is 35.6 Å². The Bertz CT molecular complexity index is 1820. The van der Waals surface area contributed by atoms with Crippen molar-refractivity contribution in [3.05, 3.63) is 60.3 Å². The molecule has 0 spiro atoms. The molecule has 6 aromatic heterocycles. The van der Waals surface area contributed by atoms with Crippen molar-refractivity contribution in [2.24, 2.45) is 5.92 Å². The standard InChI is InChI=1S/C28H23FN8OS/c29-22-18(16-11-17(13-30-12-16)33-28(38)15-5-2-1-3-6-15)14-32-26-21(22)25(36-37-26)27-34-19-8-9-31-24(23(19)35-27)20-7-4-10-39-20/h4,7-15H,1-3,5-6H2,(H,33,38)(H,34,35)(H,32,36,37). The zero-order valence-electron chi connectivity index (χ0n) is 20.7. The average molecular weight is 539 g/mol. The van der Waals surface area contributed by atoms with Crippen LogP contribution in [-0.2, 0) is 4.79 Å². The molecule has 6 aromatic rings. The third kappa shape index (κ3) is 4.24. The second kappa shape index (κ2) is 9.66. The van der Waals surface area contributed by atoms with Crippen molar-refractivity contribution in [2.45, 2.75) is 32.1 Å². The van der Waals surface area contributed by atoms with Crippen LogP contribution in [0.2, 0.25) is 0 Å². The van der Waals surface area contributed by atoms with Crippen LogP contribution < -0.4 is 5.32 Å². The highest BCUT2D eigenvalue weighted by Crippen LogP contribution is 2.35. The van der Waals surface area contributed by atoms with Gasteiger partial charge in [0.1, 0.15) is 22.7 Å². The minimum absolute atomic E-state index is 0.00462. The maximum atomic E-state index is 16.1. The van der Waals surface area contributed by atoms with Crippen LogP contribution in [0.15, 0.2) is 54.4 Å². The van der Waals surface area contributed by atoms with Crippen LogP contribution in [0.1, 0.15) is 32.1 Å². The molecule has 1 aliphatic rings. The van der Waals surface area contributed by atoms with Crippen LogP contribution in [0.25, 0.3) is 55.3 Å². The van der Waals surface area contributed by atoms with Crippen molar-refractivity contribution in [1.29, 1.82) is 0 Å². The Morgan fingerprint density at radius 2 is 1.97 bits per heavy atom. The van der Waals surface area contributed by atoms with Crippen molar-refractivity contribution in [3.8, 4) is 33.2 Å². The molecule has 0 atom stereocenters. The zero-order valence-corrected chi connectivity index (χ0v) is 21.6. The number of nitrogens with zero attached hydrogens (tertiary/aromatic N) is 5. The molecular weight excluding hydrogens is 515 g/mol. The molecule has 0 radical (unpaired) electrons. The lowest BCUT2D eigenvalue weighted by Crippen LogP contribution is -2.24. The van der Waals surface area contributed by atoms with E-state index < -0.39 is 5.82 Å². The molecule has 1 fully saturated rings. The molecule has 194 valence electrons. The van der Waals surface area contributed by atoms with Crippen LogP contribution in [0.3, 0.4) is 0 Å². The highest BCUT2D eigenvalue weighted by atomic mass is 32.1. The molecule has 1 saturated carbocycles. The quantitative estimate of drug-likeness (QED) is 0.235. The van der Waals surface area contributed by atoms with Gasteiger partial charge in [-0.25, -0.2) is 14.4 Å². The van der Waals surface area contributed by atoms with E-state index in [-0.39, 0.29) is 22.8 Å². The third-order valence-electron chi connectivity index (χ3n) is 7.20. The lowest BCUT2D eigenvalue weighted by atomic mass is 9.88. The Labute approximate surface area is 226 Å². The highest BCUT2D eigenvalue weighted by molar-refractivity contribution is 7.13. The fraction of sp³-hybridized carbons (Fsp3) is 0.214. The van der Waals surface area contributed by atoms with E-state index in [1.54, 1.807) is 36.0 Å². The number of pyridine rings is 3. The molecule has 0 aromatic carbocycles. The summed E-state index contributed by atoms with van der Waals surface area (Å²) in [5.41, 5.74) is 4.12. The number of aromatic nitrogens is 7. The summed E-state index contributed by atoms with van der Waals surface area (Å²) in [6.45, 7) is 0. The average Bonchev–Trinajstić information content (AvgIpc) is 3.73. The van der Waals surface area contributed by atoms with Gasteiger partial charge in [0.15, 0.2) is 11.5 Å². The van der Waals surface area contributed by atoms with E-state index in [2.05, 4.69) is 35.5 Å². The van der Waals surface area contributed by atoms with Gasteiger partial charge >= 0.3 is 0 Å². The van der Waals surface area contributed by atoms with Crippen molar-refractivity contribution in [3.63, 3.8) is 0 Å². The molecular formula is C28H23FN8OS. The zero-order chi connectivity index (χ0) is 26.3. The summed E-state index contributed by atoms with van der Waals surface area (Å²) < 4.78 is 16.1. The first-order chi connectivity index (χ1) is 19.2. The summed E-state index contributed by atoms with van der Waals surface area (Å²) in [5.74, 6) is -0.101. The molecule has 0 saturated heterocycles. The Morgan fingerprint density at radius 1 is 1.08 bits per heavy atom. The summed E-state index contributed by atoms with van der Waals surface area (Å²) in [4.78, 5) is 34.9. The molecule has 7 rings (SSSR count). The van der Waals surface area contributed by atoms with E-state index in [9.17, 15) is 4.79 Å². The smallest absolute Gasteiger partial charge is 0.227 e. The minimum atomic E-state index is -0.502. The molecule has 11 heteroatoms. The van der Waals surface area contributed by atoms with Crippen LogP contribution in [0.5, 0.6) is 0 Å². The molecule has 6 heterocycles. The lowest BCUT2D eigenvalue weighted by molar-refractivity contribution is -0.120. The number of hydrogen-bond acceptors (Lipinski definition) is 7. The number of imidazole rings is 1. The van der Waals surface area contributed by atoms with E-state index in [1.807, 2.05) is 23.6 Å². The first kappa shape index (κ1) is 23.6. The maximum Gasteiger partial charge on any atom is 0.227 e. The normalized spacial score (nSPS) is 14.3. The summed E-state index contributed by atoms with van der Waals surface area (Å²) in [6.07, 6.45) is 11.4. The first-order valence-electron chi connectivity index (χ1n) is 12.8. The number of hydrogen-bond donors (Lipinski definition) is 3. The Morgan fingerprint density at radius 3 is 2.82 bits per heavy atom. The van der Waals surface area contributed by atoms with Crippen LogP contribution in [-0.4, -0.2) is 41.0 Å². The minimum Gasteiger partial charge on any atom is -0.336 e. The molecule has 1 aliphatic carbocycles. The molecule has 0 unspecified atom stereocenters. The fourth-order valence-corrected chi connectivity index (χ4v) is 5.95. The van der Waals surface area contributed by atoms with Crippen molar-refractivity contribution >= 4 is 45.0 Å². The molecule has 9 nitrogen and oxygen atoms in total. The molecule has 3 N–H and O–H groups in total. The van der Waals surface area contributed by atoms with Gasteiger partial charge in [0.05, 0.1) is 27.7 Å². The van der Waals surface area contributed by atoms with Gasteiger partial charge in [-0.05, 0) is 36.4 Å². The number of amides is 1. The van der Waals surface area contributed by atoms with Gasteiger partial charge in [-0.15, -0.1) is 11.3 Å². The Kier molecular flexibility index (Phi) is 5.85. The monoisotopic (exact) mass is 538 g/mol. The summed E-state index contributed by atoms with van der Waals surface area (Å²) in [5, 5.41) is 12.3. The van der Waals surface area contributed by atoms with Crippen molar-refractivity contribution in [1.82, 2.24) is 35.1 Å². The third-order valence-corrected chi connectivity index (χ3v) is 8.08. The number of fused-ring (bicyclic) bond motifs is 2. The van der Waals surface area contributed by atoms with E-state index in [4.69, 9.17) is 4.98 Å². The largest absolute Gasteiger partial charge is 0.336 e. The summed E-state index contributed by atoms with van der Waals surface area (Å²) >= 11 is 1.57. The lowest BCUT2D eigenvalue weighted by Gasteiger charge is -2.20. The number of rotatable bonds is 5. The molecule has 1 amide bonds. The molecule has 39 heavy (non-hydrogen) atoms. The second-order valence-corrected chi connectivity index (χ2v) is 10.6. The van der Waals surface area contributed by atoms with Gasteiger partial charge in [-0.1, -0.05) is 25.3 Å². The number of carbonyl (C=O) groups is 1. The number of aromatic amines is 2. The van der Waals surface area contributed by atoms with Crippen molar-refractivity contribution in [2.75, 3.05) is 5.32 Å². The predicted molar refractivity (Wildman–Crippen MR) is 148 cm³/mol. The van der Waals surface area contributed by atoms with Gasteiger partial charge in [0.2, 0.25) is 5.91 Å². The predicted octanol–water partition coefficient (Wildman–Crippen LogP) is 6.34. The number of halogens is 1.